The van der Waals surface area contributed by atoms with Crippen molar-refractivity contribution in [2.45, 2.75) is 13.0 Å². The monoisotopic (exact) mass is 271 g/mol. The minimum absolute atomic E-state index is 0.146. The molecule has 1 aromatic carbocycles. The largest absolute Gasteiger partial charge is 0.399 e. The summed E-state index contributed by atoms with van der Waals surface area (Å²) in [4.78, 5) is 13.3. The molecule has 18 heavy (non-hydrogen) atoms. The summed E-state index contributed by atoms with van der Waals surface area (Å²) in [5.41, 5.74) is 6.58. The molecule has 0 saturated carbocycles. The minimum atomic E-state index is -2.60. The van der Waals surface area contributed by atoms with Crippen LogP contribution in [-0.2, 0) is 6.54 Å². The maximum atomic E-state index is 12.8. The first kappa shape index (κ1) is 12.6. The fourth-order valence-electron chi connectivity index (χ4n) is 1.51. The number of thiazole rings is 1. The lowest BCUT2D eigenvalue weighted by Crippen LogP contribution is -2.05. The standard InChI is InChI=1S/C11H11F2N3OS/c12-10(13)8-3-6(14)1-2-9(8)15-4-7-5-18-11(17)16-7/h1-3,5,10,15H,4,14H2,(H,16,17). The van der Waals surface area contributed by atoms with Crippen LogP contribution in [0.15, 0.2) is 28.4 Å². The van der Waals surface area contributed by atoms with Crippen molar-refractivity contribution in [2.75, 3.05) is 11.1 Å². The molecule has 2 rings (SSSR count). The van der Waals surface area contributed by atoms with E-state index in [4.69, 9.17) is 5.73 Å². The molecule has 0 bridgehead atoms. The van der Waals surface area contributed by atoms with Gasteiger partial charge in [-0.25, -0.2) is 8.78 Å². The maximum Gasteiger partial charge on any atom is 0.304 e. The Morgan fingerprint density at radius 2 is 2.22 bits per heavy atom. The third kappa shape index (κ3) is 2.86. The zero-order valence-corrected chi connectivity index (χ0v) is 10.1. The highest BCUT2D eigenvalue weighted by Gasteiger charge is 2.13. The van der Waals surface area contributed by atoms with Gasteiger partial charge in [-0.1, -0.05) is 11.3 Å². The van der Waals surface area contributed by atoms with Crippen LogP contribution in [-0.4, -0.2) is 4.98 Å². The van der Waals surface area contributed by atoms with Crippen molar-refractivity contribution in [3.8, 4) is 0 Å². The van der Waals surface area contributed by atoms with E-state index in [1.807, 2.05) is 0 Å². The van der Waals surface area contributed by atoms with E-state index in [1.165, 1.54) is 12.1 Å². The molecule has 0 fully saturated rings. The highest BCUT2D eigenvalue weighted by Crippen LogP contribution is 2.29. The average molecular weight is 271 g/mol. The molecule has 1 aromatic heterocycles. The minimum Gasteiger partial charge on any atom is -0.399 e. The number of aromatic amines is 1. The van der Waals surface area contributed by atoms with Crippen LogP contribution >= 0.6 is 11.3 Å². The van der Waals surface area contributed by atoms with Gasteiger partial charge in [0.1, 0.15) is 0 Å². The van der Waals surface area contributed by atoms with E-state index in [0.717, 1.165) is 11.3 Å². The molecule has 96 valence electrons. The second-order valence-corrected chi connectivity index (χ2v) is 4.52. The van der Waals surface area contributed by atoms with Crippen molar-refractivity contribution in [1.29, 1.82) is 0 Å². The SMILES string of the molecule is Nc1ccc(NCc2csc(=O)[nH]2)c(C(F)F)c1. The highest BCUT2D eigenvalue weighted by atomic mass is 32.1. The Bertz CT molecular complexity index is 594. The molecule has 1 heterocycles. The van der Waals surface area contributed by atoms with Gasteiger partial charge in [0.2, 0.25) is 0 Å². The first-order chi connectivity index (χ1) is 8.56. The second-order valence-electron chi connectivity index (χ2n) is 3.67. The molecule has 0 amide bonds. The Morgan fingerprint density at radius 3 is 2.83 bits per heavy atom. The normalized spacial score (nSPS) is 10.8. The van der Waals surface area contributed by atoms with Crippen molar-refractivity contribution in [2.24, 2.45) is 0 Å². The van der Waals surface area contributed by atoms with Gasteiger partial charge in [0, 0.05) is 28.0 Å². The number of halogens is 2. The summed E-state index contributed by atoms with van der Waals surface area (Å²) in [7, 11) is 0. The number of nitrogens with two attached hydrogens (primary N) is 1. The molecule has 0 aliphatic carbocycles. The van der Waals surface area contributed by atoms with Gasteiger partial charge in [-0.05, 0) is 18.2 Å². The van der Waals surface area contributed by atoms with Gasteiger partial charge < -0.3 is 16.0 Å². The van der Waals surface area contributed by atoms with E-state index < -0.39 is 6.43 Å². The van der Waals surface area contributed by atoms with Gasteiger partial charge in [-0.2, -0.15) is 0 Å². The number of hydrogen-bond acceptors (Lipinski definition) is 4. The van der Waals surface area contributed by atoms with Gasteiger partial charge in [0.05, 0.1) is 6.54 Å². The molecule has 2 aromatic rings. The molecular formula is C11H11F2N3OS. The van der Waals surface area contributed by atoms with E-state index in [9.17, 15) is 13.6 Å². The van der Waals surface area contributed by atoms with Crippen molar-refractivity contribution in [3.63, 3.8) is 0 Å². The van der Waals surface area contributed by atoms with Crippen LogP contribution in [0.2, 0.25) is 0 Å². The van der Waals surface area contributed by atoms with Gasteiger partial charge in [0.25, 0.3) is 6.43 Å². The topological polar surface area (TPSA) is 70.9 Å². The van der Waals surface area contributed by atoms with E-state index in [1.54, 1.807) is 11.4 Å². The molecule has 0 radical (unpaired) electrons. The molecule has 0 aliphatic rings. The summed E-state index contributed by atoms with van der Waals surface area (Å²) in [5.74, 6) is 0. The first-order valence-corrected chi connectivity index (χ1v) is 6.02. The fourth-order valence-corrected chi connectivity index (χ4v) is 2.10. The molecular weight excluding hydrogens is 260 g/mol. The molecule has 7 heteroatoms. The summed E-state index contributed by atoms with van der Waals surface area (Å²) in [5, 5.41) is 4.50. The Balaban J connectivity index is 2.16. The third-order valence-corrected chi connectivity index (χ3v) is 3.07. The van der Waals surface area contributed by atoms with Crippen molar-refractivity contribution < 1.29 is 8.78 Å². The van der Waals surface area contributed by atoms with Crippen LogP contribution in [0.25, 0.3) is 0 Å². The summed E-state index contributed by atoms with van der Waals surface area (Å²) < 4.78 is 25.6. The van der Waals surface area contributed by atoms with E-state index in [-0.39, 0.29) is 17.0 Å². The number of nitrogens with one attached hydrogen (secondary N) is 2. The lowest BCUT2D eigenvalue weighted by molar-refractivity contribution is 0.152. The number of alkyl halides is 2. The van der Waals surface area contributed by atoms with Crippen LogP contribution in [0, 0.1) is 0 Å². The van der Waals surface area contributed by atoms with Gasteiger partial charge in [0.15, 0.2) is 0 Å². The Labute approximate surface area is 105 Å². The molecule has 4 nitrogen and oxygen atoms in total. The summed E-state index contributed by atoms with van der Waals surface area (Å²) in [6.45, 7) is 0.280. The molecule has 0 atom stereocenters. The zero-order valence-electron chi connectivity index (χ0n) is 9.24. The van der Waals surface area contributed by atoms with Crippen LogP contribution in [0.4, 0.5) is 20.2 Å². The van der Waals surface area contributed by atoms with Crippen LogP contribution in [0.3, 0.4) is 0 Å². The quantitative estimate of drug-likeness (QED) is 0.748. The lowest BCUT2D eigenvalue weighted by atomic mass is 10.1. The number of anilines is 2. The number of aromatic nitrogens is 1. The molecule has 4 N–H and O–H groups in total. The number of H-pyrrole nitrogens is 1. The van der Waals surface area contributed by atoms with Gasteiger partial charge in [-0.15, -0.1) is 0 Å². The van der Waals surface area contributed by atoms with Crippen molar-refractivity contribution in [1.82, 2.24) is 4.98 Å². The predicted octanol–water partition coefficient (Wildman–Crippen LogP) is 2.57. The van der Waals surface area contributed by atoms with Gasteiger partial charge in [-0.3, -0.25) is 4.79 Å². The number of rotatable bonds is 4. The number of nitrogen functional groups attached to an aromatic ring is 1. The van der Waals surface area contributed by atoms with Crippen LogP contribution in [0.1, 0.15) is 17.7 Å². The molecule has 0 saturated heterocycles. The number of benzene rings is 1. The van der Waals surface area contributed by atoms with Gasteiger partial charge >= 0.3 is 4.87 Å². The van der Waals surface area contributed by atoms with Crippen molar-refractivity contribution >= 4 is 22.7 Å². The van der Waals surface area contributed by atoms with E-state index in [0.29, 0.717) is 17.1 Å². The Kier molecular flexibility index (Phi) is 3.61. The van der Waals surface area contributed by atoms with E-state index >= 15 is 0 Å². The summed E-state index contributed by atoms with van der Waals surface area (Å²) in [6.07, 6.45) is -2.60. The average Bonchev–Trinajstić information content (AvgIpc) is 2.73. The van der Waals surface area contributed by atoms with E-state index in [2.05, 4.69) is 10.3 Å². The second kappa shape index (κ2) is 5.18. The highest BCUT2D eigenvalue weighted by molar-refractivity contribution is 7.07. The first-order valence-electron chi connectivity index (χ1n) is 5.14. The number of hydrogen-bond donors (Lipinski definition) is 3. The Hall–Kier alpha value is -1.89. The third-order valence-electron chi connectivity index (χ3n) is 2.35. The van der Waals surface area contributed by atoms with Crippen molar-refractivity contribution in [3.05, 3.63) is 44.5 Å². The molecule has 0 spiro atoms. The van der Waals surface area contributed by atoms with Crippen LogP contribution < -0.4 is 15.9 Å². The van der Waals surface area contributed by atoms with Crippen LogP contribution in [0.5, 0.6) is 0 Å². The molecule has 0 aliphatic heterocycles. The summed E-state index contributed by atoms with van der Waals surface area (Å²) in [6, 6.07) is 4.29. The summed E-state index contributed by atoms with van der Waals surface area (Å²) >= 11 is 1.03. The zero-order chi connectivity index (χ0) is 13.1. The smallest absolute Gasteiger partial charge is 0.304 e. The Morgan fingerprint density at radius 1 is 1.44 bits per heavy atom. The fraction of sp³-hybridized carbons (Fsp3) is 0.182. The predicted molar refractivity (Wildman–Crippen MR) is 68.1 cm³/mol. The lowest BCUT2D eigenvalue weighted by Gasteiger charge is -2.11. The molecule has 0 unspecified atom stereocenters. The maximum absolute atomic E-state index is 12.8.